The van der Waals surface area contributed by atoms with Crippen LogP contribution in [-0.2, 0) is 13.9 Å². The minimum Gasteiger partial charge on any atom is -0.417 e. The third kappa shape index (κ3) is 9.47. The van der Waals surface area contributed by atoms with Crippen LogP contribution in [-0.4, -0.2) is 46.1 Å². The first-order valence-corrected chi connectivity index (χ1v) is 14.2. The zero-order valence-electron chi connectivity index (χ0n) is 20.2. The lowest BCUT2D eigenvalue weighted by molar-refractivity contribution is -0.105. The van der Waals surface area contributed by atoms with Gasteiger partial charge in [-0.1, -0.05) is 44.1 Å². The van der Waals surface area contributed by atoms with Crippen molar-refractivity contribution in [2.45, 2.75) is 104 Å². The fraction of sp³-hybridized carbons (Fsp3) is 0.833. The lowest BCUT2D eigenvalue weighted by Crippen LogP contribution is -2.40. The molecule has 0 amide bonds. The minimum atomic E-state index is -1.65. The van der Waals surface area contributed by atoms with Crippen LogP contribution in [0.2, 0.25) is 18.1 Å². The third-order valence-electron chi connectivity index (χ3n) is 6.50. The van der Waals surface area contributed by atoms with E-state index in [2.05, 4.69) is 59.9 Å². The lowest BCUT2D eigenvalue weighted by Gasteiger charge is -2.36. The molecule has 0 aromatic rings. The summed E-state index contributed by atoms with van der Waals surface area (Å²) < 4.78 is 17.9. The molecule has 1 aliphatic rings. The number of allylic oxidation sites excluding steroid dienone is 2. The number of aliphatic hydroxyl groups excluding tert-OH is 1. The van der Waals surface area contributed by atoms with E-state index in [-0.39, 0.29) is 24.0 Å². The van der Waals surface area contributed by atoms with Gasteiger partial charge in [0.05, 0.1) is 6.10 Å². The maximum absolute atomic E-state index is 8.98. The van der Waals surface area contributed by atoms with E-state index in [1.165, 1.54) is 11.1 Å². The molecular formula is C24H46O4Si. The Bertz CT molecular complexity index is 533. The van der Waals surface area contributed by atoms with Gasteiger partial charge in [0.2, 0.25) is 0 Å². The van der Waals surface area contributed by atoms with Crippen LogP contribution < -0.4 is 0 Å². The van der Waals surface area contributed by atoms with Gasteiger partial charge in [-0.05, 0) is 70.0 Å². The Morgan fingerprint density at radius 2 is 1.86 bits per heavy atom. The molecule has 170 valence electrons. The SMILES string of the molecule is COC1CC(CCC(C)=CCCO)C(C=C(C)CCCO[Si](C)(C)C(C)(C)C)O1. The third-order valence-corrected chi connectivity index (χ3v) is 11.0. The van der Waals surface area contributed by atoms with Crippen LogP contribution in [0.25, 0.3) is 0 Å². The first-order chi connectivity index (χ1) is 13.5. The van der Waals surface area contributed by atoms with Gasteiger partial charge in [0.1, 0.15) is 0 Å². The van der Waals surface area contributed by atoms with Crippen molar-refractivity contribution in [1.29, 1.82) is 0 Å². The summed E-state index contributed by atoms with van der Waals surface area (Å²) in [5.74, 6) is 0.482. The lowest BCUT2D eigenvalue weighted by atomic mass is 9.92. The molecule has 0 bridgehead atoms. The second kappa shape index (κ2) is 12.4. The smallest absolute Gasteiger partial charge is 0.191 e. The van der Waals surface area contributed by atoms with Gasteiger partial charge < -0.3 is 19.0 Å². The fourth-order valence-electron chi connectivity index (χ4n) is 3.42. The maximum Gasteiger partial charge on any atom is 0.191 e. The monoisotopic (exact) mass is 426 g/mol. The Hall–Kier alpha value is -0.463. The number of hydrogen-bond acceptors (Lipinski definition) is 4. The van der Waals surface area contributed by atoms with Gasteiger partial charge in [-0.2, -0.15) is 0 Å². The molecule has 1 fully saturated rings. The quantitative estimate of drug-likeness (QED) is 0.228. The molecule has 4 nitrogen and oxygen atoms in total. The van der Waals surface area contributed by atoms with Crippen molar-refractivity contribution in [3.8, 4) is 0 Å². The van der Waals surface area contributed by atoms with Crippen molar-refractivity contribution in [3.05, 3.63) is 23.3 Å². The van der Waals surface area contributed by atoms with E-state index in [1.54, 1.807) is 7.11 Å². The Morgan fingerprint density at radius 1 is 1.17 bits per heavy atom. The molecule has 1 rings (SSSR count). The van der Waals surface area contributed by atoms with Gasteiger partial charge >= 0.3 is 0 Å². The Kier molecular flexibility index (Phi) is 11.4. The van der Waals surface area contributed by atoms with E-state index in [9.17, 15) is 0 Å². The van der Waals surface area contributed by atoms with Crippen LogP contribution >= 0.6 is 0 Å². The van der Waals surface area contributed by atoms with Gasteiger partial charge in [-0.25, -0.2) is 0 Å². The van der Waals surface area contributed by atoms with E-state index in [4.69, 9.17) is 19.0 Å². The van der Waals surface area contributed by atoms with Crippen LogP contribution in [0.15, 0.2) is 23.3 Å². The van der Waals surface area contributed by atoms with Crippen LogP contribution in [0, 0.1) is 5.92 Å². The molecule has 0 saturated carbocycles. The van der Waals surface area contributed by atoms with Gasteiger partial charge in [-0.15, -0.1) is 0 Å². The highest BCUT2D eigenvalue weighted by Gasteiger charge is 2.37. The van der Waals surface area contributed by atoms with Gasteiger partial charge in [0.15, 0.2) is 14.6 Å². The van der Waals surface area contributed by atoms with Crippen molar-refractivity contribution >= 4 is 8.32 Å². The van der Waals surface area contributed by atoms with Gasteiger partial charge in [0, 0.05) is 26.7 Å². The summed E-state index contributed by atoms with van der Waals surface area (Å²) in [5.41, 5.74) is 2.73. The topological polar surface area (TPSA) is 47.9 Å². The number of hydrogen-bond donors (Lipinski definition) is 1. The van der Waals surface area contributed by atoms with Gasteiger partial charge in [-0.3, -0.25) is 0 Å². The molecule has 1 aliphatic heterocycles. The molecule has 0 radical (unpaired) electrons. The van der Waals surface area contributed by atoms with Crippen molar-refractivity contribution in [2.75, 3.05) is 20.3 Å². The Morgan fingerprint density at radius 3 is 2.45 bits per heavy atom. The first-order valence-electron chi connectivity index (χ1n) is 11.3. The highest BCUT2D eigenvalue weighted by molar-refractivity contribution is 6.74. The first kappa shape index (κ1) is 26.6. The summed E-state index contributed by atoms with van der Waals surface area (Å²) in [6, 6.07) is 0. The molecule has 1 N–H and O–H groups in total. The van der Waals surface area contributed by atoms with Crippen LogP contribution in [0.1, 0.15) is 73.1 Å². The molecular weight excluding hydrogens is 380 g/mol. The molecule has 0 spiro atoms. The summed E-state index contributed by atoms with van der Waals surface area (Å²) in [6.45, 7) is 16.9. The molecule has 29 heavy (non-hydrogen) atoms. The Balaban J connectivity index is 2.54. The summed E-state index contributed by atoms with van der Waals surface area (Å²) in [6.07, 6.45) is 10.4. The number of aliphatic hydroxyl groups is 1. The Labute approximate surface area is 180 Å². The second-order valence-corrected chi connectivity index (χ2v) is 14.9. The minimum absolute atomic E-state index is 0.0994. The van der Waals surface area contributed by atoms with Crippen molar-refractivity contribution in [1.82, 2.24) is 0 Å². The molecule has 3 atom stereocenters. The molecule has 1 saturated heterocycles. The molecule has 0 aromatic carbocycles. The fourth-order valence-corrected chi connectivity index (χ4v) is 4.50. The summed E-state index contributed by atoms with van der Waals surface area (Å²) in [7, 11) is 0.0768. The van der Waals surface area contributed by atoms with Crippen molar-refractivity contribution in [2.24, 2.45) is 5.92 Å². The predicted molar refractivity (Wildman–Crippen MR) is 125 cm³/mol. The van der Waals surface area contributed by atoms with Crippen LogP contribution in [0.3, 0.4) is 0 Å². The molecule has 1 heterocycles. The highest BCUT2D eigenvalue weighted by Crippen LogP contribution is 2.37. The summed E-state index contributed by atoms with van der Waals surface area (Å²) >= 11 is 0. The predicted octanol–water partition coefficient (Wildman–Crippen LogP) is 6.22. The number of rotatable bonds is 12. The molecule has 0 aliphatic carbocycles. The van der Waals surface area contributed by atoms with E-state index in [0.717, 1.165) is 45.1 Å². The van der Waals surface area contributed by atoms with E-state index >= 15 is 0 Å². The molecule has 3 unspecified atom stereocenters. The summed E-state index contributed by atoms with van der Waals surface area (Å²) in [4.78, 5) is 0. The highest BCUT2D eigenvalue weighted by atomic mass is 28.4. The average molecular weight is 427 g/mol. The maximum atomic E-state index is 8.98. The number of methoxy groups -OCH3 is 1. The zero-order valence-corrected chi connectivity index (χ0v) is 21.2. The van der Waals surface area contributed by atoms with E-state index in [0.29, 0.717) is 5.92 Å². The van der Waals surface area contributed by atoms with Crippen LogP contribution in [0.5, 0.6) is 0 Å². The van der Waals surface area contributed by atoms with Crippen molar-refractivity contribution < 1.29 is 19.0 Å². The zero-order chi connectivity index (χ0) is 22.1. The summed E-state index contributed by atoms with van der Waals surface area (Å²) in [5, 5.41) is 9.25. The molecule has 5 heteroatoms. The molecule has 0 aromatic heterocycles. The van der Waals surface area contributed by atoms with Gasteiger partial charge in [0.25, 0.3) is 0 Å². The largest absolute Gasteiger partial charge is 0.417 e. The number of ether oxygens (including phenoxy) is 2. The average Bonchev–Trinajstić information content (AvgIpc) is 3.02. The van der Waals surface area contributed by atoms with Crippen molar-refractivity contribution in [3.63, 3.8) is 0 Å². The van der Waals surface area contributed by atoms with E-state index in [1.807, 2.05) is 0 Å². The van der Waals surface area contributed by atoms with Crippen LogP contribution in [0.4, 0.5) is 0 Å². The normalized spacial score (nSPS) is 24.4. The van der Waals surface area contributed by atoms with E-state index < -0.39 is 8.32 Å². The second-order valence-electron chi connectivity index (χ2n) is 10.1. The standard InChI is InChI=1S/C24H46O4Si/c1-19(11-9-15-25)13-14-21-18-23(26-6)28-22(21)17-20(2)12-10-16-27-29(7,8)24(3,4)5/h11,17,21-23,25H,9-10,12-16,18H2,1-8H3.